The largest absolute Gasteiger partial charge is 0.393 e. The summed E-state index contributed by atoms with van der Waals surface area (Å²) in [6.45, 7) is 9.10. The minimum atomic E-state index is -0.0405. The van der Waals surface area contributed by atoms with Gasteiger partial charge in [0.15, 0.2) is 0 Å². The predicted molar refractivity (Wildman–Crippen MR) is 77.2 cm³/mol. The van der Waals surface area contributed by atoms with Gasteiger partial charge in [-0.3, -0.25) is 0 Å². The van der Waals surface area contributed by atoms with E-state index in [0.717, 1.165) is 24.7 Å². The molecule has 0 aromatic carbocycles. The Hall–Kier alpha value is -0.0400. The van der Waals surface area contributed by atoms with Crippen molar-refractivity contribution >= 4 is 0 Å². The Balaban J connectivity index is 3.20. The molecule has 17 heavy (non-hydrogen) atoms. The van der Waals surface area contributed by atoms with E-state index in [0.29, 0.717) is 0 Å². The van der Waals surface area contributed by atoms with Gasteiger partial charge in [0.05, 0.1) is 6.10 Å². The standard InChI is InChI=1S/C16H34O/c1-14(2)10-6-5-7-12-16(17)13-9-8-11-15(3)4/h14-17H,5-13H2,1-4H3. The van der Waals surface area contributed by atoms with Crippen molar-refractivity contribution in [3.63, 3.8) is 0 Å². The molecule has 0 aliphatic carbocycles. The van der Waals surface area contributed by atoms with Crippen LogP contribution in [0.15, 0.2) is 0 Å². The summed E-state index contributed by atoms with van der Waals surface area (Å²) >= 11 is 0. The molecule has 1 atom stereocenters. The molecule has 0 spiro atoms. The highest BCUT2D eigenvalue weighted by Crippen LogP contribution is 2.14. The first-order valence-electron chi connectivity index (χ1n) is 7.70. The Morgan fingerprint density at radius 1 is 0.588 bits per heavy atom. The summed E-state index contributed by atoms with van der Waals surface area (Å²) in [6, 6.07) is 0. The molecule has 0 saturated carbocycles. The molecule has 0 rings (SSSR count). The Kier molecular flexibility index (Phi) is 11.0. The second kappa shape index (κ2) is 11.1. The molecular formula is C16H34O. The zero-order chi connectivity index (χ0) is 13.1. The van der Waals surface area contributed by atoms with Crippen molar-refractivity contribution in [1.29, 1.82) is 0 Å². The van der Waals surface area contributed by atoms with Crippen LogP contribution in [0.25, 0.3) is 0 Å². The van der Waals surface area contributed by atoms with Gasteiger partial charge in [-0.1, -0.05) is 72.6 Å². The first-order chi connectivity index (χ1) is 8.02. The highest BCUT2D eigenvalue weighted by atomic mass is 16.3. The molecule has 0 aliphatic rings. The summed E-state index contributed by atoms with van der Waals surface area (Å²) < 4.78 is 0. The van der Waals surface area contributed by atoms with Crippen molar-refractivity contribution in [2.45, 2.75) is 91.6 Å². The van der Waals surface area contributed by atoms with E-state index in [2.05, 4.69) is 27.7 Å². The minimum Gasteiger partial charge on any atom is -0.393 e. The molecule has 0 saturated heterocycles. The lowest BCUT2D eigenvalue weighted by Gasteiger charge is -2.11. The lowest BCUT2D eigenvalue weighted by Crippen LogP contribution is -2.06. The zero-order valence-electron chi connectivity index (χ0n) is 12.5. The van der Waals surface area contributed by atoms with Gasteiger partial charge in [0.1, 0.15) is 0 Å². The third kappa shape index (κ3) is 13.9. The zero-order valence-corrected chi connectivity index (χ0v) is 12.5. The molecule has 0 aromatic rings. The van der Waals surface area contributed by atoms with Gasteiger partial charge in [-0.25, -0.2) is 0 Å². The van der Waals surface area contributed by atoms with Crippen LogP contribution >= 0.6 is 0 Å². The quantitative estimate of drug-likeness (QED) is 0.496. The summed E-state index contributed by atoms with van der Waals surface area (Å²) in [5, 5.41) is 9.82. The third-order valence-corrected chi connectivity index (χ3v) is 3.39. The van der Waals surface area contributed by atoms with Crippen LogP contribution in [0.3, 0.4) is 0 Å². The molecule has 1 N–H and O–H groups in total. The van der Waals surface area contributed by atoms with Crippen molar-refractivity contribution in [3.05, 3.63) is 0 Å². The second-order valence-electron chi connectivity index (χ2n) is 6.36. The van der Waals surface area contributed by atoms with Gasteiger partial charge in [0.2, 0.25) is 0 Å². The molecule has 0 aliphatic heterocycles. The lowest BCUT2D eigenvalue weighted by atomic mass is 10.00. The van der Waals surface area contributed by atoms with E-state index in [-0.39, 0.29) is 6.10 Å². The Bertz CT molecular complexity index is 152. The van der Waals surface area contributed by atoms with Gasteiger partial charge in [-0.05, 0) is 24.7 Å². The van der Waals surface area contributed by atoms with E-state index in [1.54, 1.807) is 0 Å². The number of unbranched alkanes of at least 4 members (excludes halogenated alkanes) is 3. The van der Waals surface area contributed by atoms with Crippen LogP contribution in [0, 0.1) is 11.8 Å². The maximum atomic E-state index is 9.82. The predicted octanol–water partition coefficient (Wildman–Crippen LogP) is 5.17. The smallest absolute Gasteiger partial charge is 0.0540 e. The first-order valence-corrected chi connectivity index (χ1v) is 7.70. The van der Waals surface area contributed by atoms with Crippen molar-refractivity contribution in [2.24, 2.45) is 11.8 Å². The van der Waals surface area contributed by atoms with E-state index >= 15 is 0 Å². The number of hydrogen-bond donors (Lipinski definition) is 1. The Morgan fingerprint density at radius 3 is 1.41 bits per heavy atom. The van der Waals surface area contributed by atoms with Crippen LogP contribution in [-0.4, -0.2) is 11.2 Å². The molecule has 1 nitrogen and oxygen atoms in total. The van der Waals surface area contributed by atoms with Crippen molar-refractivity contribution in [2.75, 3.05) is 0 Å². The van der Waals surface area contributed by atoms with Gasteiger partial charge in [-0.2, -0.15) is 0 Å². The molecule has 0 heterocycles. The van der Waals surface area contributed by atoms with Gasteiger partial charge < -0.3 is 5.11 Å². The summed E-state index contributed by atoms with van der Waals surface area (Å²) in [5.41, 5.74) is 0. The van der Waals surface area contributed by atoms with Crippen LogP contribution in [0.2, 0.25) is 0 Å². The van der Waals surface area contributed by atoms with Crippen molar-refractivity contribution in [3.8, 4) is 0 Å². The van der Waals surface area contributed by atoms with E-state index in [9.17, 15) is 5.11 Å². The van der Waals surface area contributed by atoms with Gasteiger partial charge in [-0.15, -0.1) is 0 Å². The highest BCUT2D eigenvalue weighted by molar-refractivity contribution is 4.58. The normalized spacial score (nSPS) is 13.6. The number of aliphatic hydroxyl groups excluding tert-OH is 1. The minimum absolute atomic E-state index is 0.0405. The SMILES string of the molecule is CC(C)CCCCCC(O)CCCCC(C)C. The molecule has 104 valence electrons. The van der Waals surface area contributed by atoms with Crippen LogP contribution in [0.1, 0.15) is 85.5 Å². The fraction of sp³-hybridized carbons (Fsp3) is 1.00. The number of rotatable bonds is 11. The molecule has 1 unspecified atom stereocenters. The van der Waals surface area contributed by atoms with Crippen molar-refractivity contribution in [1.82, 2.24) is 0 Å². The average molecular weight is 242 g/mol. The monoisotopic (exact) mass is 242 g/mol. The summed E-state index contributed by atoms with van der Waals surface area (Å²) in [4.78, 5) is 0. The van der Waals surface area contributed by atoms with Gasteiger partial charge in [0.25, 0.3) is 0 Å². The first kappa shape index (κ1) is 17.0. The van der Waals surface area contributed by atoms with Crippen LogP contribution in [-0.2, 0) is 0 Å². The van der Waals surface area contributed by atoms with Gasteiger partial charge in [0, 0.05) is 0 Å². The molecule has 0 amide bonds. The summed E-state index contributed by atoms with van der Waals surface area (Å²) in [5.74, 6) is 1.64. The third-order valence-electron chi connectivity index (χ3n) is 3.39. The van der Waals surface area contributed by atoms with Gasteiger partial charge >= 0.3 is 0 Å². The summed E-state index contributed by atoms with van der Waals surface area (Å²) in [7, 11) is 0. The Morgan fingerprint density at radius 2 is 0.941 bits per heavy atom. The fourth-order valence-electron chi connectivity index (χ4n) is 2.19. The van der Waals surface area contributed by atoms with E-state index in [1.807, 2.05) is 0 Å². The number of aliphatic hydroxyl groups is 1. The maximum Gasteiger partial charge on any atom is 0.0540 e. The van der Waals surface area contributed by atoms with E-state index in [1.165, 1.54) is 44.9 Å². The highest BCUT2D eigenvalue weighted by Gasteiger charge is 2.04. The second-order valence-corrected chi connectivity index (χ2v) is 6.36. The molecule has 0 fully saturated rings. The molecule has 1 heteroatoms. The van der Waals surface area contributed by atoms with Crippen LogP contribution in [0.5, 0.6) is 0 Å². The van der Waals surface area contributed by atoms with Crippen molar-refractivity contribution < 1.29 is 5.11 Å². The lowest BCUT2D eigenvalue weighted by molar-refractivity contribution is 0.146. The summed E-state index contributed by atoms with van der Waals surface area (Å²) in [6.07, 6.45) is 10.9. The van der Waals surface area contributed by atoms with Crippen LogP contribution < -0.4 is 0 Å². The van der Waals surface area contributed by atoms with E-state index < -0.39 is 0 Å². The molecule has 0 aromatic heterocycles. The van der Waals surface area contributed by atoms with E-state index in [4.69, 9.17) is 0 Å². The molecular weight excluding hydrogens is 208 g/mol. The maximum absolute atomic E-state index is 9.82. The molecule has 0 bridgehead atoms. The number of hydrogen-bond acceptors (Lipinski definition) is 1. The fourth-order valence-corrected chi connectivity index (χ4v) is 2.19. The average Bonchev–Trinajstić information content (AvgIpc) is 2.23. The topological polar surface area (TPSA) is 20.2 Å². The molecule has 0 radical (unpaired) electrons. The van der Waals surface area contributed by atoms with Crippen LogP contribution in [0.4, 0.5) is 0 Å². The Labute approximate surface area is 109 Å².